The molecule has 2 aromatic rings. The van der Waals surface area contributed by atoms with Crippen LogP contribution in [-0.2, 0) is 0 Å². The summed E-state index contributed by atoms with van der Waals surface area (Å²) in [7, 11) is 0. The third-order valence-electron chi connectivity index (χ3n) is 4.70. The molecule has 20 heavy (non-hydrogen) atoms. The maximum Gasteiger partial charge on any atom is 0.255 e. The number of nitrogens with one attached hydrogen (secondary N) is 1. The number of hydrogen-bond acceptors (Lipinski definition) is 3. The van der Waals surface area contributed by atoms with Gasteiger partial charge in [0.2, 0.25) is 0 Å². The van der Waals surface area contributed by atoms with E-state index in [9.17, 15) is 4.79 Å². The largest absolute Gasteiger partial charge is 0.464 e. The average molecular weight is 270 g/mol. The van der Waals surface area contributed by atoms with E-state index in [2.05, 4.69) is 10.2 Å². The number of furan rings is 1. The molecule has 3 aliphatic rings. The smallest absolute Gasteiger partial charge is 0.255 e. The molecule has 4 heteroatoms. The van der Waals surface area contributed by atoms with Gasteiger partial charge in [0.1, 0.15) is 5.58 Å². The van der Waals surface area contributed by atoms with Crippen LogP contribution in [0.4, 0.5) is 0 Å². The summed E-state index contributed by atoms with van der Waals surface area (Å²) in [6, 6.07) is 7.88. The Kier molecular flexibility index (Phi) is 2.77. The summed E-state index contributed by atoms with van der Waals surface area (Å²) in [5.74, 6) is 0.629. The predicted molar refractivity (Wildman–Crippen MR) is 76.6 cm³/mol. The topological polar surface area (TPSA) is 45.5 Å². The van der Waals surface area contributed by atoms with Crippen LogP contribution in [0.3, 0.4) is 0 Å². The molecule has 0 aliphatic carbocycles. The summed E-state index contributed by atoms with van der Waals surface area (Å²) >= 11 is 0. The van der Waals surface area contributed by atoms with Crippen molar-refractivity contribution in [2.45, 2.75) is 18.9 Å². The second-order valence-electron chi connectivity index (χ2n) is 5.86. The molecule has 3 aliphatic heterocycles. The van der Waals surface area contributed by atoms with Gasteiger partial charge in [0, 0.05) is 18.0 Å². The number of nitrogens with zero attached hydrogens (tertiary/aromatic N) is 1. The summed E-state index contributed by atoms with van der Waals surface area (Å²) in [6.07, 6.45) is 4.04. The lowest BCUT2D eigenvalue weighted by atomic mass is 9.84. The first-order chi connectivity index (χ1) is 9.81. The van der Waals surface area contributed by atoms with Gasteiger partial charge >= 0.3 is 0 Å². The number of fused-ring (bicyclic) bond motifs is 4. The van der Waals surface area contributed by atoms with Crippen LogP contribution in [0, 0.1) is 5.92 Å². The van der Waals surface area contributed by atoms with Crippen molar-refractivity contribution >= 4 is 16.9 Å². The van der Waals surface area contributed by atoms with E-state index in [-0.39, 0.29) is 11.9 Å². The minimum Gasteiger partial charge on any atom is -0.464 e. The summed E-state index contributed by atoms with van der Waals surface area (Å²) in [5.41, 5.74) is 1.33. The van der Waals surface area contributed by atoms with E-state index in [1.54, 1.807) is 6.26 Å². The van der Waals surface area contributed by atoms with E-state index >= 15 is 0 Å². The van der Waals surface area contributed by atoms with Gasteiger partial charge in [-0.3, -0.25) is 4.79 Å². The van der Waals surface area contributed by atoms with Crippen LogP contribution in [0.15, 0.2) is 34.9 Å². The minimum absolute atomic E-state index is 0.00991. The van der Waals surface area contributed by atoms with Gasteiger partial charge in [-0.05, 0) is 44.0 Å². The van der Waals surface area contributed by atoms with Crippen LogP contribution >= 0.6 is 0 Å². The number of piperidine rings is 3. The van der Waals surface area contributed by atoms with Gasteiger partial charge in [-0.15, -0.1) is 0 Å². The lowest BCUT2D eigenvalue weighted by molar-refractivity contribution is 0.0621. The molecule has 1 aromatic carbocycles. The highest BCUT2D eigenvalue weighted by molar-refractivity contribution is 6.04. The first-order valence-electron chi connectivity index (χ1n) is 7.31. The van der Waals surface area contributed by atoms with Crippen molar-refractivity contribution in [2.24, 2.45) is 5.92 Å². The van der Waals surface area contributed by atoms with E-state index in [1.165, 1.54) is 25.9 Å². The van der Waals surface area contributed by atoms with Crippen molar-refractivity contribution in [1.82, 2.24) is 10.2 Å². The number of carbonyl (C=O) groups excluding carboxylic acids is 1. The van der Waals surface area contributed by atoms with Crippen LogP contribution in [0.25, 0.3) is 11.0 Å². The highest BCUT2D eigenvalue weighted by atomic mass is 16.3. The molecule has 3 fully saturated rings. The first kappa shape index (κ1) is 12.0. The molecule has 4 nitrogen and oxygen atoms in total. The second-order valence-corrected chi connectivity index (χ2v) is 5.86. The summed E-state index contributed by atoms with van der Waals surface area (Å²) in [5, 5.41) is 4.19. The summed E-state index contributed by atoms with van der Waals surface area (Å²) in [4.78, 5) is 15.0. The zero-order chi connectivity index (χ0) is 13.5. The van der Waals surface area contributed by atoms with Gasteiger partial charge in [-0.2, -0.15) is 0 Å². The molecule has 4 heterocycles. The van der Waals surface area contributed by atoms with E-state index in [4.69, 9.17) is 4.42 Å². The van der Waals surface area contributed by atoms with E-state index in [0.29, 0.717) is 17.1 Å². The Morgan fingerprint density at radius 2 is 2.10 bits per heavy atom. The molecule has 0 spiro atoms. The van der Waals surface area contributed by atoms with Gasteiger partial charge in [-0.25, -0.2) is 0 Å². The fourth-order valence-corrected chi connectivity index (χ4v) is 3.55. The molecular weight excluding hydrogens is 252 g/mol. The highest BCUT2D eigenvalue weighted by Crippen LogP contribution is 2.28. The lowest BCUT2D eigenvalue weighted by Crippen LogP contribution is -2.57. The molecule has 1 atom stereocenters. The van der Waals surface area contributed by atoms with Crippen molar-refractivity contribution < 1.29 is 9.21 Å². The van der Waals surface area contributed by atoms with Gasteiger partial charge < -0.3 is 14.6 Å². The molecule has 1 amide bonds. The Balaban J connectivity index is 1.57. The fraction of sp³-hybridized carbons (Fsp3) is 0.438. The molecule has 5 rings (SSSR count). The first-order valence-corrected chi connectivity index (χ1v) is 7.31. The van der Waals surface area contributed by atoms with Gasteiger partial charge in [0.15, 0.2) is 0 Å². The fourth-order valence-electron chi connectivity index (χ4n) is 3.55. The number of carbonyl (C=O) groups is 1. The number of hydrogen-bond donors (Lipinski definition) is 1. The van der Waals surface area contributed by atoms with Gasteiger partial charge in [0.05, 0.1) is 11.8 Å². The van der Waals surface area contributed by atoms with Crippen molar-refractivity contribution in [3.05, 3.63) is 36.1 Å². The average Bonchev–Trinajstić information content (AvgIpc) is 2.96. The Morgan fingerprint density at radius 3 is 2.85 bits per heavy atom. The van der Waals surface area contributed by atoms with Crippen molar-refractivity contribution in [2.75, 3.05) is 19.6 Å². The zero-order valence-corrected chi connectivity index (χ0v) is 11.3. The van der Waals surface area contributed by atoms with Crippen LogP contribution < -0.4 is 5.32 Å². The molecule has 1 aromatic heterocycles. The van der Waals surface area contributed by atoms with Crippen LogP contribution in [-0.4, -0.2) is 36.5 Å². The maximum absolute atomic E-state index is 12.5. The molecule has 1 N–H and O–H groups in total. The molecule has 104 valence electrons. The monoisotopic (exact) mass is 270 g/mol. The predicted octanol–water partition coefficient (Wildman–Crippen LogP) is 2.26. The minimum atomic E-state index is -0.00991. The third-order valence-corrected chi connectivity index (χ3v) is 4.70. The molecule has 0 radical (unpaired) electrons. The Hall–Kier alpha value is -1.81. The highest BCUT2D eigenvalue weighted by Gasteiger charge is 2.35. The van der Waals surface area contributed by atoms with Crippen molar-refractivity contribution in [1.29, 1.82) is 0 Å². The number of benzene rings is 1. The van der Waals surface area contributed by atoms with Crippen LogP contribution in [0.2, 0.25) is 0 Å². The van der Waals surface area contributed by atoms with Crippen molar-refractivity contribution in [3.8, 4) is 0 Å². The summed E-state index contributed by atoms with van der Waals surface area (Å²) in [6.45, 7) is 3.36. The maximum atomic E-state index is 12.5. The molecule has 2 bridgehead atoms. The number of para-hydroxylation sites is 1. The molecule has 0 saturated carbocycles. The quantitative estimate of drug-likeness (QED) is 0.910. The molecule has 1 unspecified atom stereocenters. The molecule has 3 saturated heterocycles. The van der Waals surface area contributed by atoms with Crippen LogP contribution in [0.1, 0.15) is 23.2 Å². The summed E-state index contributed by atoms with van der Waals surface area (Å²) < 4.78 is 5.45. The van der Waals surface area contributed by atoms with Crippen molar-refractivity contribution in [3.63, 3.8) is 0 Å². The normalized spacial score (nSPS) is 28.7. The standard InChI is InChI=1S/C16H18N2O2/c19-16(13-3-1-2-12-6-9-20-15(12)13)17-14-10-18-7-4-11(14)5-8-18/h1-3,6,9,11,14H,4-5,7-8,10H2,(H,17,19). The Bertz CT molecular complexity index is 641. The zero-order valence-electron chi connectivity index (χ0n) is 11.3. The van der Waals surface area contributed by atoms with Crippen LogP contribution in [0.5, 0.6) is 0 Å². The van der Waals surface area contributed by atoms with E-state index in [0.717, 1.165) is 11.9 Å². The van der Waals surface area contributed by atoms with E-state index < -0.39 is 0 Å². The second kappa shape index (κ2) is 4.63. The number of rotatable bonds is 2. The number of amides is 1. The third kappa shape index (κ3) is 1.91. The van der Waals surface area contributed by atoms with E-state index in [1.807, 2.05) is 24.3 Å². The Morgan fingerprint density at radius 1 is 1.25 bits per heavy atom. The molecular formula is C16H18N2O2. The Labute approximate surface area is 117 Å². The lowest BCUT2D eigenvalue weighted by Gasteiger charge is -2.44. The SMILES string of the molecule is O=C(NC1CN2CCC1CC2)c1cccc2ccoc12. The van der Waals surface area contributed by atoms with Gasteiger partial charge in [-0.1, -0.05) is 12.1 Å². The van der Waals surface area contributed by atoms with Gasteiger partial charge in [0.25, 0.3) is 5.91 Å².